The number of Topliss-reactive ketones (excluding diaryl/α,β-unsaturated/α-hetero) is 1. The minimum atomic E-state index is -0.391. The summed E-state index contributed by atoms with van der Waals surface area (Å²) < 4.78 is 5.47. The fourth-order valence-corrected chi connectivity index (χ4v) is 1.42. The predicted octanol–water partition coefficient (Wildman–Crippen LogP) is 2.89. The van der Waals surface area contributed by atoms with Gasteiger partial charge in [-0.1, -0.05) is 19.1 Å². The van der Waals surface area contributed by atoms with E-state index in [0.29, 0.717) is 18.6 Å². The Morgan fingerprint density at radius 2 is 2.06 bits per heavy atom. The first-order chi connectivity index (χ1) is 8.15. The van der Waals surface area contributed by atoms with Gasteiger partial charge in [0.15, 0.2) is 6.10 Å². The molecular formula is C14H17NO2. The van der Waals surface area contributed by atoms with Crippen LogP contribution in [0.5, 0.6) is 5.75 Å². The first-order valence-electron chi connectivity index (χ1n) is 5.80. The van der Waals surface area contributed by atoms with E-state index in [9.17, 15) is 4.79 Å². The number of benzene rings is 1. The monoisotopic (exact) mass is 231 g/mol. The molecule has 0 aliphatic heterocycles. The molecule has 0 N–H and O–H groups in total. The largest absolute Gasteiger partial charge is 0.476 e. The van der Waals surface area contributed by atoms with Crippen LogP contribution in [0.15, 0.2) is 24.3 Å². The highest BCUT2D eigenvalue weighted by atomic mass is 16.5. The summed E-state index contributed by atoms with van der Waals surface area (Å²) in [6, 6.07) is 9.64. The molecule has 1 unspecified atom stereocenters. The lowest BCUT2D eigenvalue weighted by Gasteiger charge is -2.10. The number of nitriles is 1. The maximum atomic E-state index is 10.8. The number of carbonyl (C=O) groups excluding carboxylic acids is 1. The van der Waals surface area contributed by atoms with E-state index >= 15 is 0 Å². The van der Waals surface area contributed by atoms with Crippen molar-refractivity contribution in [2.75, 3.05) is 0 Å². The van der Waals surface area contributed by atoms with E-state index in [2.05, 4.69) is 6.07 Å². The molecular weight excluding hydrogens is 214 g/mol. The van der Waals surface area contributed by atoms with Crippen LogP contribution in [0, 0.1) is 11.3 Å². The van der Waals surface area contributed by atoms with Gasteiger partial charge in [0, 0.05) is 6.42 Å². The van der Waals surface area contributed by atoms with Gasteiger partial charge in [0.2, 0.25) is 0 Å². The fraction of sp³-hybridized carbons (Fsp3) is 0.429. The molecule has 1 aromatic rings. The van der Waals surface area contributed by atoms with Crippen molar-refractivity contribution in [1.29, 1.82) is 5.26 Å². The second kappa shape index (κ2) is 6.70. The third-order valence-corrected chi connectivity index (χ3v) is 2.48. The second-order valence-electron chi connectivity index (χ2n) is 3.99. The van der Waals surface area contributed by atoms with Gasteiger partial charge < -0.3 is 9.53 Å². The zero-order valence-electron chi connectivity index (χ0n) is 10.3. The van der Waals surface area contributed by atoms with Gasteiger partial charge in [0.1, 0.15) is 17.6 Å². The molecule has 0 radical (unpaired) electrons. The van der Waals surface area contributed by atoms with Crippen molar-refractivity contribution in [3.63, 3.8) is 0 Å². The Morgan fingerprint density at radius 1 is 1.41 bits per heavy atom. The van der Waals surface area contributed by atoms with E-state index in [1.165, 1.54) is 0 Å². The number of rotatable bonds is 6. The topological polar surface area (TPSA) is 50.1 Å². The van der Waals surface area contributed by atoms with Gasteiger partial charge in [0.05, 0.1) is 0 Å². The molecule has 0 saturated carbocycles. The van der Waals surface area contributed by atoms with Gasteiger partial charge in [-0.15, -0.1) is 0 Å². The number of aryl methyl sites for hydroxylation is 1. The third-order valence-electron chi connectivity index (χ3n) is 2.48. The Bertz CT molecular complexity index is 403. The van der Waals surface area contributed by atoms with Crippen molar-refractivity contribution in [3.8, 4) is 11.8 Å². The summed E-state index contributed by atoms with van der Waals surface area (Å²) >= 11 is 0. The molecule has 0 bridgehead atoms. The van der Waals surface area contributed by atoms with E-state index in [4.69, 9.17) is 10.00 Å². The Hall–Kier alpha value is -1.82. The van der Waals surface area contributed by atoms with Crippen molar-refractivity contribution >= 4 is 5.78 Å². The van der Waals surface area contributed by atoms with Crippen LogP contribution in [0.3, 0.4) is 0 Å². The lowest BCUT2D eigenvalue weighted by atomic mass is 10.1. The first-order valence-corrected chi connectivity index (χ1v) is 5.80. The van der Waals surface area contributed by atoms with Gasteiger partial charge in [-0.05, 0) is 37.5 Å². The SMILES string of the molecule is CCC(C#N)Oc1ccc(CCC(C)=O)cc1. The summed E-state index contributed by atoms with van der Waals surface area (Å²) in [7, 11) is 0. The second-order valence-corrected chi connectivity index (χ2v) is 3.99. The van der Waals surface area contributed by atoms with Gasteiger partial charge in [-0.3, -0.25) is 0 Å². The van der Waals surface area contributed by atoms with E-state index in [1.807, 2.05) is 31.2 Å². The maximum absolute atomic E-state index is 10.8. The third kappa shape index (κ3) is 4.69. The van der Waals surface area contributed by atoms with E-state index in [-0.39, 0.29) is 5.78 Å². The average molecular weight is 231 g/mol. The lowest BCUT2D eigenvalue weighted by Crippen LogP contribution is -2.12. The van der Waals surface area contributed by atoms with Crippen LogP contribution in [0.1, 0.15) is 32.3 Å². The van der Waals surface area contributed by atoms with Gasteiger partial charge in [-0.25, -0.2) is 0 Å². The molecule has 1 atom stereocenters. The highest BCUT2D eigenvalue weighted by Gasteiger charge is 2.05. The van der Waals surface area contributed by atoms with Crippen molar-refractivity contribution in [2.24, 2.45) is 0 Å². The molecule has 1 rings (SSSR count). The fourth-order valence-electron chi connectivity index (χ4n) is 1.42. The Balaban J connectivity index is 2.56. The van der Waals surface area contributed by atoms with Gasteiger partial charge in [0.25, 0.3) is 0 Å². The summed E-state index contributed by atoms with van der Waals surface area (Å²) in [5, 5.41) is 8.77. The molecule has 17 heavy (non-hydrogen) atoms. The molecule has 0 aromatic heterocycles. The highest BCUT2D eigenvalue weighted by Crippen LogP contribution is 2.15. The number of ether oxygens (including phenoxy) is 1. The molecule has 0 heterocycles. The molecule has 0 aliphatic carbocycles. The first kappa shape index (κ1) is 13.2. The summed E-state index contributed by atoms with van der Waals surface area (Å²) in [4.78, 5) is 10.8. The Morgan fingerprint density at radius 3 is 2.53 bits per heavy atom. The zero-order chi connectivity index (χ0) is 12.7. The number of hydrogen-bond acceptors (Lipinski definition) is 3. The van der Waals surface area contributed by atoms with E-state index in [1.54, 1.807) is 6.92 Å². The Labute approximate surface area is 102 Å². The van der Waals surface area contributed by atoms with Crippen LogP contribution >= 0.6 is 0 Å². The number of ketones is 1. The number of nitrogens with zero attached hydrogens (tertiary/aromatic N) is 1. The molecule has 0 amide bonds. The summed E-state index contributed by atoms with van der Waals surface area (Å²) in [5.74, 6) is 0.894. The normalized spacial score (nSPS) is 11.6. The van der Waals surface area contributed by atoms with Crippen LogP contribution in [-0.2, 0) is 11.2 Å². The van der Waals surface area contributed by atoms with Crippen molar-refractivity contribution in [3.05, 3.63) is 29.8 Å². The molecule has 3 heteroatoms. The van der Waals surface area contributed by atoms with E-state index < -0.39 is 6.10 Å². The van der Waals surface area contributed by atoms with E-state index in [0.717, 1.165) is 12.0 Å². The smallest absolute Gasteiger partial charge is 0.184 e. The zero-order valence-corrected chi connectivity index (χ0v) is 10.3. The van der Waals surface area contributed by atoms with Crippen LogP contribution in [0.4, 0.5) is 0 Å². The standard InChI is InChI=1S/C14H17NO2/c1-3-13(10-15)17-14-8-6-12(7-9-14)5-4-11(2)16/h6-9,13H,3-5H2,1-2H3. The van der Waals surface area contributed by atoms with Crippen molar-refractivity contribution < 1.29 is 9.53 Å². The van der Waals surface area contributed by atoms with Gasteiger partial charge >= 0.3 is 0 Å². The van der Waals surface area contributed by atoms with Crippen molar-refractivity contribution in [1.82, 2.24) is 0 Å². The summed E-state index contributed by atoms with van der Waals surface area (Å²) in [5.41, 5.74) is 1.11. The molecule has 90 valence electrons. The lowest BCUT2D eigenvalue weighted by molar-refractivity contribution is -0.116. The molecule has 1 aromatic carbocycles. The minimum absolute atomic E-state index is 0.195. The predicted molar refractivity (Wildman–Crippen MR) is 65.8 cm³/mol. The number of hydrogen-bond donors (Lipinski definition) is 0. The average Bonchev–Trinajstić information content (AvgIpc) is 2.34. The highest BCUT2D eigenvalue weighted by molar-refractivity contribution is 5.75. The van der Waals surface area contributed by atoms with Crippen LogP contribution in [-0.4, -0.2) is 11.9 Å². The minimum Gasteiger partial charge on any atom is -0.476 e. The molecule has 0 fully saturated rings. The Kier molecular flexibility index (Phi) is 5.22. The van der Waals surface area contributed by atoms with Gasteiger partial charge in [-0.2, -0.15) is 5.26 Å². The quantitative estimate of drug-likeness (QED) is 0.756. The number of carbonyl (C=O) groups is 1. The molecule has 3 nitrogen and oxygen atoms in total. The van der Waals surface area contributed by atoms with Crippen molar-refractivity contribution in [2.45, 2.75) is 39.2 Å². The maximum Gasteiger partial charge on any atom is 0.184 e. The molecule has 0 spiro atoms. The molecule has 0 saturated heterocycles. The van der Waals surface area contributed by atoms with Crippen LogP contribution in [0.25, 0.3) is 0 Å². The summed E-state index contributed by atoms with van der Waals surface area (Å²) in [6.07, 6.45) is 1.60. The summed E-state index contributed by atoms with van der Waals surface area (Å²) in [6.45, 7) is 3.51. The van der Waals surface area contributed by atoms with Crippen LogP contribution < -0.4 is 4.74 Å². The van der Waals surface area contributed by atoms with Crippen LogP contribution in [0.2, 0.25) is 0 Å². The molecule has 0 aliphatic rings.